The van der Waals surface area contributed by atoms with E-state index in [0.717, 1.165) is 17.1 Å². The SMILES string of the molecule is COc1ccc(C(C)(C)NC(=O)C(CSCC2CCCCC2)NC(=O)OC(C)(C)C)cc1. The molecule has 7 heteroatoms. The van der Waals surface area contributed by atoms with Crippen LogP contribution in [0.4, 0.5) is 4.79 Å². The largest absolute Gasteiger partial charge is 0.497 e. The molecule has 1 saturated carbocycles. The molecule has 1 aromatic carbocycles. The fourth-order valence-electron chi connectivity index (χ4n) is 3.81. The van der Waals surface area contributed by atoms with E-state index in [1.807, 2.05) is 58.9 Å². The minimum Gasteiger partial charge on any atom is -0.497 e. The molecule has 2 amide bonds. The number of rotatable bonds is 9. The number of alkyl carbamates (subject to hydrolysis) is 1. The van der Waals surface area contributed by atoms with Crippen LogP contribution in [-0.4, -0.2) is 42.3 Å². The van der Waals surface area contributed by atoms with E-state index in [4.69, 9.17) is 9.47 Å². The number of methoxy groups -OCH3 is 1. The van der Waals surface area contributed by atoms with E-state index in [9.17, 15) is 9.59 Å². The molecule has 0 radical (unpaired) electrons. The molecule has 180 valence electrons. The van der Waals surface area contributed by atoms with Crippen molar-refractivity contribution >= 4 is 23.8 Å². The maximum atomic E-state index is 13.2. The molecule has 1 aliphatic carbocycles. The summed E-state index contributed by atoms with van der Waals surface area (Å²) in [4.78, 5) is 25.6. The zero-order valence-electron chi connectivity index (χ0n) is 20.5. The van der Waals surface area contributed by atoms with Gasteiger partial charge in [-0.25, -0.2) is 4.79 Å². The van der Waals surface area contributed by atoms with Gasteiger partial charge < -0.3 is 20.1 Å². The first kappa shape index (κ1) is 26.4. The summed E-state index contributed by atoms with van der Waals surface area (Å²) in [5.74, 6) is 2.78. The summed E-state index contributed by atoms with van der Waals surface area (Å²) in [6.07, 6.45) is 5.86. The van der Waals surface area contributed by atoms with Crippen LogP contribution < -0.4 is 15.4 Å². The number of thioether (sulfide) groups is 1. The fourth-order valence-corrected chi connectivity index (χ4v) is 5.09. The van der Waals surface area contributed by atoms with Gasteiger partial charge >= 0.3 is 6.09 Å². The minimum atomic E-state index is -0.670. The van der Waals surface area contributed by atoms with Crippen molar-refractivity contribution in [3.63, 3.8) is 0 Å². The molecule has 0 saturated heterocycles. The molecule has 0 spiro atoms. The van der Waals surface area contributed by atoms with Crippen molar-refractivity contribution in [1.82, 2.24) is 10.6 Å². The molecule has 1 unspecified atom stereocenters. The highest BCUT2D eigenvalue weighted by Crippen LogP contribution is 2.27. The highest BCUT2D eigenvalue weighted by molar-refractivity contribution is 7.99. The van der Waals surface area contributed by atoms with Gasteiger partial charge in [0.05, 0.1) is 12.6 Å². The van der Waals surface area contributed by atoms with E-state index in [2.05, 4.69) is 10.6 Å². The summed E-state index contributed by atoms with van der Waals surface area (Å²) in [6.45, 7) is 9.34. The summed E-state index contributed by atoms with van der Waals surface area (Å²) in [7, 11) is 1.62. The van der Waals surface area contributed by atoms with Gasteiger partial charge in [0.1, 0.15) is 17.4 Å². The minimum absolute atomic E-state index is 0.215. The molecule has 6 nitrogen and oxygen atoms in total. The maximum Gasteiger partial charge on any atom is 0.408 e. The zero-order chi connectivity index (χ0) is 23.8. The summed E-state index contributed by atoms with van der Waals surface area (Å²) < 4.78 is 10.6. The molecule has 2 N–H and O–H groups in total. The van der Waals surface area contributed by atoms with Gasteiger partial charge in [0.15, 0.2) is 0 Å². The van der Waals surface area contributed by atoms with Crippen molar-refractivity contribution in [2.24, 2.45) is 5.92 Å². The van der Waals surface area contributed by atoms with Gasteiger partial charge in [0.2, 0.25) is 5.91 Å². The number of hydrogen-bond acceptors (Lipinski definition) is 5. The molecular formula is C25H40N2O4S. The van der Waals surface area contributed by atoms with Gasteiger partial charge in [-0.1, -0.05) is 31.4 Å². The van der Waals surface area contributed by atoms with Crippen molar-refractivity contribution < 1.29 is 19.1 Å². The van der Waals surface area contributed by atoms with Crippen LogP contribution in [0.1, 0.15) is 72.3 Å². The maximum absolute atomic E-state index is 13.2. The van der Waals surface area contributed by atoms with Crippen LogP contribution in [0.5, 0.6) is 5.75 Å². The van der Waals surface area contributed by atoms with Crippen LogP contribution in [0.3, 0.4) is 0 Å². The number of carbonyl (C=O) groups is 2. The molecule has 0 aromatic heterocycles. The standard InChI is InChI=1S/C25H40N2O4S/c1-24(2,3)31-23(29)26-21(17-32-16-18-10-8-7-9-11-18)22(28)27-25(4,5)19-12-14-20(30-6)15-13-19/h12-15,18,21H,7-11,16-17H2,1-6H3,(H,26,29)(H,27,28). The average molecular weight is 465 g/mol. The van der Waals surface area contributed by atoms with Gasteiger partial charge in [-0.2, -0.15) is 11.8 Å². The van der Waals surface area contributed by atoms with Gasteiger partial charge in [0.25, 0.3) is 0 Å². The molecular weight excluding hydrogens is 424 g/mol. The van der Waals surface area contributed by atoms with Crippen LogP contribution in [0.15, 0.2) is 24.3 Å². The van der Waals surface area contributed by atoms with Crippen molar-refractivity contribution in [2.45, 2.75) is 83.9 Å². The quantitative estimate of drug-likeness (QED) is 0.522. The lowest BCUT2D eigenvalue weighted by molar-refractivity contribution is -0.124. The molecule has 1 aliphatic rings. The molecule has 2 rings (SSSR count). The highest BCUT2D eigenvalue weighted by atomic mass is 32.2. The Bertz CT molecular complexity index is 737. The zero-order valence-corrected chi connectivity index (χ0v) is 21.3. The van der Waals surface area contributed by atoms with Crippen LogP contribution in [0, 0.1) is 5.92 Å². The van der Waals surface area contributed by atoms with E-state index in [1.165, 1.54) is 32.1 Å². The Kier molecular flexibility index (Phi) is 9.74. The Morgan fingerprint density at radius 3 is 2.25 bits per heavy atom. The number of hydrogen-bond donors (Lipinski definition) is 2. The Morgan fingerprint density at radius 1 is 1.06 bits per heavy atom. The van der Waals surface area contributed by atoms with Gasteiger partial charge in [-0.15, -0.1) is 0 Å². The highest BCUT2D eigenvalue weighted by Gasteiger charge is 2.30. The van der Waals surface area contributed by atoms with Crippen LogP contribution in [-0.2, 0) is 15.1 Å². The fraction of sp³-hybridized carbons (Fsp3) is 0.680. The van der Waals surface area contributed by atoms with Crippen LogP contribution in [0.2, 0.25) is 0 Å². The number of nitrogens with one attached hydrogen (secondary N) is 2. The van der Waals surface area contributed by atoms with E-state index in [-0.39, 0.29) is 5.91 Å². The number of carbonyl (C=O) groups excluding carboxylic acids is 2. The first-order valence-corrected chi connectivity index (χ1v) is 12.7. The third kappa shape index (κ3) is 8.93. The summed E-state index contributed by atoms with van der Waals surface area (Å²) in [6, 6.07) is 6.95. The van der Waals surface area contributed by atoms with Crippen molar-refractivity contribution in [3.05, 3.63) is 29.8 Å². The van der Waals surface area contributed by atoms with Crippen molar-refractivity contribution in [1.29, 1.82) is 0 Å². The van der Waals surface area contributed by atoms with Crippen molar-refractivity contribution in [3.8, 4) is 5.75 Å². The first-order chi connectivity index (χ1) is 15.0. The Hall–Kier alpha value is -1.89. The lowest BCUT2D eigenvalue weighted by Gasteiger charge is -2.30. The molecule has 0 aliphatic heterocycles. The van der Waals surface area contributed by atoms with Crippen LogP contribution >= 0.6 is 11.8 Å². The summed E-state index contributed by atoms with van der Waals surface area (Å²) in [5, 5.41) is 5.89. The number of ether oxygens (including phenoxy) is 2. The van der Waals surface area contributed by atoms with Gasteiger partial charge in [-0.05, 0) is 76.8 Å². The molecule has 32 heavy (non-hydrogen) atoms. The second-order valence-corrected chi connectivity index (χ2v) is 11.2. The molecule has 0 bridgehead atoms. The molecule has 1 aromatic rings. The van der Waals surface area contributed by atoms with E-state index in [1.54, 1.807) is 18.9 Å². The predicted octanol–water partition coefficient (Wildman–Crippen LogP) is 5.25. The second kappa shape index (κ2) is 11.8. The summed E-state index contributed by atoms with van der Waals surface area (Å²) >= 11 is 1.74. The van der Waals surface area contributed by atoms with Gasteiger partial charge in [0, 0.05) is 5.75 Å². The van der Waals surface area contributed by atoms with E-state index >= 15 is 0 Å². The average Bonchev–Trinajstić information content (AvgIpc) is 2.72. The van der Waals surface area contributed by atoms with Crippen LogP contribution in [0.25, 0.3) is 0 Å². The predicted molar refractivity (Wildman–Crippen MR) is 131 cm³/mol. The van der Waals surface area contributed by atoms with Crippen molar-refractivity contribution in [2.75, 3.05) is 18.6 Å². The number of benzene rings is 1. The smallest absolute Gasteiger partial charge is 0.408 e. The monoisotopic (exact) mass is 464 g/mol. The first-order valence-electron chi connectivity index (χ1n) is 11.5. The lowest BCUT2D eigenvalue weighted by atomic mass is 9.91. The molecule has 0 heterocycles. The third-order valence-corrected chi connectivity index (χ3v) is 6.89. The van der Waals surface area contributed by atoms with E-state index in [0.29, 0.717) is 11.7 Å². The Labute approximate surface area is 197 Å². The Balaban J connectivity index is 2.03. The summed E-state index contributed by atoms with van der Waals surface area (Å²) in [5.41, 5.74) is -0.272. The molecule has 1 fully saturated rings. The lowest BCUT2D eigenvalue weighted by Crippen LogP contribution is -2.53. The Morgan fingerprint density at radius 2 is 1.69 bits per heavy atom. The van der Waals surface area contributed by atoms with Gasteiger partial charge in [-0.3, -0.25) is 4.79 Å². The van der Waals surface area contributed by atoms with E-state index < -0.39 is 23.3 Å². The third-order valence-electron chi connectivity index (χ3n) is 5.62. The molecule has 1 atom stereocenters. The topological polar surface area (TPSA) is 76.7 Å². The second-order valence-electron chi connectivity index (χ2n) is 10.1. The normalized spacial score (nSPS) is 16.2. The number of amides is 2.